The van der Waals surface area contributed by atoms with E-state index in [1.54, 1.807) is 45.0 Å². The molecule has 0 aliphatic heterocycles. The molecule has 1 saturated carbocycles. The van der Waals surface area contributed by atoms with Crippen molar-refractivity contribution in [2.24, 2.45) is 0 Å². The molecule has 0 spiro atoms. The summed E-state index contributed by atoms with van der Waals surface area (Å²) in [6.45, 7) is 16.1. The minimum Gasteiger partial charge on any atom is -0.543 e. The van der Waals surface area contributed by atoms with E-state index >= 15 is 0 Å². The van der Waals surface area contributed by atoms with E-state index in [4.69, 9.17) is 18.6 Å². The average Bonchev–Trinajstić information content (AvgIpc) is 3.52. The van der Waals surface area contributed by atoms with Crippen LogP contribution in [0.4, 0.5) is 4.79 Å². The van der Waals surface area contributed by atoms with Crippen molar-refractivity contribution in [3.63, 3.8) is 0 Å². The largest absolute Gasteiger partial charge is 0.543 e. The first-order valence-electron chi connectivity index (χ1n) is 16.8. The van der Waals surface area contributed by atoms with E-state index in [9.17, 15) is 24.3 Å². The maximum atomic E-state index is 13.4. The van der Waals surface area contributed by atoms with Crippen molar-refractivity contribution in [1.29, 1.82) is 0 Å². The molecule has 2 atom stereocenters. The van der Waals surface area contributed by atoms with Crippen LogP contribution in [-0.2, 0) is 41.6 Å². The molecule has 1 aliphatic rings. The van der Waals surface area contributed by atoms with Gasteiger partial charge in [0, 0.05) is 12.8 Å². The highest BCUT2D eigenvalue weighted by Gasteiger charge is 2.40. The van der Waals surface area contributed by atoms with Gasteiger partial charge in [0.25, 0.3) is 0 Å². The van der Waals surface area contributed by atoms with Gasteiger partial charge in [-0.25, -0.2) is 14.4 Å². The number of carboxylic acid groups (broad SMARTS) is 1. The van der Waals surface area contributed by atoms with Crippen molar-refractivity contribution >= 4 is 32.3 Å². The number of hydrogen-bond acceptors (Lipinski definition) is 8. The molecule has 1 aliphatic carbocycles. The lowest BCUT2D eigenvalue weighted by Gasteiger charge is -2.37. The van der Waals surface area contributed by atoms with Gasteiger partial charge in [0.15, 0.2) is 0 Å². The van der Waals surface area contributed by atoms with E-state index in [0.29, 0.717) is 11.5 Å². The topological polar surface area (TPSA) is 137 Å². The highest BCUT2D eigenvalue weighted by molar-refractivity contribution is 6.74. The molecular weight excluding hydrogens is 630 g/mol. The molecule has 1 amide bonds. The number of hydrogen-bond donors (Lipinski definition) is 2. The molecule has 0 heterocycles. The Morgan fingerprint density at radius 1 is 0.938 bits per heavy atom. The summed E-state index contributed by atoms with van der Waals surface area (Å²) in [5, 5.41) is 12.6. The average molecular weight is 684 g/mol. The summed E-state index contributed by atoms with van der Waals surface area (Å²) >= 11 is 0. The van der Waals surface area contributed by atoms with Gasteiger partial charge in [-0.2, -0.15) is 0 Å². The molecule has 2 N–H and O–H groups in total. The third kappa shape index (κ3) is 12.0. The first-order valence-corrected chi connectivity index (χ1v) is 19.7. The van der Waals surface area contributed by atoms with Crippen LogP contribution in [0.5, 0.6) is 5.75 Å². The molecule has 2 aromatic carbocycles. The summed E-state index contributed by atoms with van der Waals surface area (Å²) in [6, 6.07) is 13.4. The zero-order valence-electron chi connectivity index (χ0n) is 29.7. The number of amides is 1. The van der Waals surface area contributed by atoms with E-state index in [2.05, 4.69) is 39.2 Å². The molecule has 10 nitrogen and oxygen atoms in total. The molecule has 48 heavy (non-hydrogen) atoms. The molecule has 0 bridgehead atoms. The van der Waals surface area contributed by atoms with Gasteiger partial charge in [-0.1, -0.05) is 76.1 Å². The predicted molar refractivity (Wildman–Crippen MR) is 185 cm³/mol. The second-order valence-electron chi connectivity index (χ2n) is 15.1. The molecule has 0 radical (unpaired) electrons. The van der Waals surface area contributed by atoms with E-state index < -0.39 is 50.1 Å². The molecule has 1 unspecified atom stereocenters. The summed E-state index contributed by atoms with van der Waals surface area (Å²) in [5.74, 6) is -1.75. The fourth-order valence-corrected chi connectivity index (χ4v) is 6.27. The van der Waals surface area contributed by atoms with Crippen LogP contribution >= 0.6 is 0 Å². The highest BCUT2D eigenvalue weighted by Crippen LogP contribution is 2.43. The van der Waals surface area contributed by atoms with Crippen LogP contribution < -0.4 is 9.74 Å². The molecule has 1 fully saturated rings. The fraction of sp³-hybridized carbons (Fsp3) is 0.568. The third-order valence-corrected chi connectivity index (χ3v) is 13.2. The first kappa shape index (κ1) is 38.6. The Morgan fingerprint density at radius 2 is 1.58 bits per heavy atom. The van der Waals surface area contributed by atoms with Crippen LogP contribution in [0.15, 0.2) is 48.5 Å². The Hall–Kier alpha value is -3.86. The van der Waals surface area contributed by atoms with Gasteiger partial charge in [-0.3, -0.25) is 4.79 Å². The van der Waals surface area contributed by atoms with Gasteiger partial charge in [0.05, 0.1) is 0 Å². The smallest absolute Gasteiger partial charge is 0.408 e. The number of ether oxygens (including phenoxy) is 3. The third-order valence-electron chi connectivity index (χ3n) is 8.84. The summed E-state index contributed by atoms with van der Waals surface area (Å²) < 4.78 is 22.9. The Morgan fingerprint density at radius 3 is 2.17 bits per heavy atom. The number of esters is 2. The molecule has 11 heteroatoms. The van der Waals surface area contributed by atoms with Gasteiger partial charge in [0.1, 0.15) is 24.0 Å². The van der Waals surface area contributed by atoms with Gasteiger partial charge >= 0.3 is 24.0 Å². The maximum Gasteiger partial charge on any atom is 0.408 e. The van der Waals surface area contributed by atoms with E-state index in [0.717, 1.165) is 42.6 Å². The van der Waals surface area contributed by atoms with Crippen LogP contribution in [0.1, 0.15) is 103 Å². The molecule has 2 aromatic rings. The normalized spacial score (nSPS) is 15.2. The van der Waals surface area contributed by atoms with Crippen molar-refractivity contribution in [2.45, 2.75) is 135 Å². The quantitative estimate of drug-likeness (QED) is 0.117. The van der Waals surface area contributed by atoms with Crippen LogP contribution in [0, 0.1) is 0 Å². The van der Waals surface area contributed by atoms with E-state index in [1.165, 1.54) is 0 Å². The second-order valence-corrected chi connectivity index (χ2v) is 19.8. The van der Waals surface area contributed by atoms with Crippen molar-refractivity contribution in [2.75, 3.05) is 0 Å². The molecular formula is C37H53NO9Si. The van der Waals surface area contributed by atoms with Crippen LogP contribution in [0.3, 0.4) is 0 Å². The van der Waals surface area contributed by atoms with Crippen LogP contribution in [0.25, 0.3) is 0 Å². The lowest BCUT2D eigenvalue weighted by molar-refractivity contribution is -0.165. The molecule has 0 saturated heterocycles. The van der Waals surface area contributed by atoms with E-state index in [-0.39, 0.29) is 30.9 Å². The highest BCUT2D eigenvalue weighted by atomic mass is 28.4. The Labute approximate surface area is 286 Å². The molecule has 264 valence electrons. The SMILES string of the molecule is CC(C)(C)OC(=O)CC[C@H](NC(=O)OCc1ccccc1)C(=O)OC(Cc1ccc(O[Si](C)(C)C(C)(C)C)c(C2CCCC2)c1)C(=O)O. The Balaban J connectivity index is 1.79. The Kier molecular flexibility index (Phi) is 13.3. The number of aliphatic carboxylic acids is 1. The summed E-state index contributed by atoms with van der Waals surface area (Å²) in [4.78, 5) is 50.9. The minimum atomic E-state index is -2.14. The molecule has 3 rings (SSSR count). The van der Waals surface area contributed by atoms with Crippen molar-refractivity contribution in [3.05, 3.63) is 65.2 Å². The molecule has 0 aromatic heterocycles. The zero-order valence-corrected chi connectivity index (χ0v) is 30.7. The Bertz CT molecular complexity index is 1410. The van der Waals surface area contributed by atoms with Crippen LogP contribution in [0.2, 0.25) is 18.1 Å². The summed E-state index contributed by atoms with van der Waals surface area (Å²) in [5.41, 5.74) is 1.75. The van der Waals surface area contributed by atoms with Crippen LogP contribution in [-0.4, -0.2) is 55.2 Å². The van der Waals surface area contributed by atoms with Gasteiger partial charge < -0.3 is 29.1 Å². The van der Waals surface area contributed by atoms with E-state index in [1.807, 2.05) is 24.3 Å². The number of benzene rings is 2. The van der Waals surface area contributed by atoms with Crippen molar-refractivity contribution in [1.82, 2.24) is 5.32 Å². The number of alkyl carbamates (subject to hydrolysis) is 1. The monoisotopic (exact) mass is 683 g/mol. The zero-order chi connectivity index (χ0) is 35.7. The number of nitrogens with one attached hydrogen (secondary N) is 1. The summed E-state index contributed by atoms with van der Waals surface area (Å²) in [6.07, 6.45) is 1.38. The first-order chi connectivity index (χ1) is 22.3. The minimum absolute atomic E-state index is 0.00322. The summed E-state index contributed by atoms with van der Waals surface area (Å²) in [7, 11) is -2.14. The number of carbonyl (C=O) groups excluding carboxylic acids is 3. The van der Waals surface area contributed by atoms with Gasteiger partial charge in [-0.05, 0) is 86.8 Å². The predicted octanol–water partition coefficient (Wildman–Crippen LogP) is 7.68. The lowest BCUT2D eigenvalue weighted by Crippen LogP contribution is -2.45. The van der Waals surface area contributed by atoms with Crippen molar-refractivity contribution in [3.8, 4) is 5.75 Å². The standard InChI is InChI=1S/C37H53NO9Si/c1-36(2,3)46-32(39)21-19-29(38-35(43)44-24-25-14-10-9-11-15-25)34(42)45-31(33(40)41)23-26-18-20-30(47-48(7,8)37(4,5)6)28(22-26)27-16-12-13-17-27/h9-11,14-15,18,20,22,27,29,31H,12-13,16-17,19,21,23-24H2,1-8H3,(H,38,43)(H,40,41)/t29-,31?/m0/s1. The second kappa shape index (κ2) is 16.5. The van der Waals surface area contributed by atoms with Gasteiger partial charge in [0.2, 0.25) is 14.4 Å². The number of rotatable bonds is 14. The van der Waals surface area contributed by atoms with Crippen molar-refractivity contribution < 1.29 is 42.9 Å². The maximum absolute atomic E-state index is 13.4. The lowest BCUT2D eigenvalue weighted by atomic mass is 9.93. The fourth-order valence-electron chi connectivity index (χ4n) is 5.23. The number of carbonyl (C=O) groups is 4. The van der Waals surface area contributed by atoms with Gasteiger partial charge in [-0.15, -0.1) is 0 Å². The number of carboxylic acids is 1.